The van der Waals surface area contributed by atoms with Gasteiger partial charge in [-0.15, -0.1) is 0 Å². The third-order valence-electron chi connectivity index (χ3n) is 1.47. The van der Waals surface area contributed by atoms with Gasteiger partial charge in [0.25, 0.3) is 0 Å². The maximum atomic E-state index is 5.03. The molecule has 0 spiro atoms. The minimum atomic E-state index is 0. The number of rotatable bonds is 2. The van der Waals surface area contributed by atoms with Gasteiger partial charge in [0, 0.05) is 11.8 Å². The average molecular weight is 170 g/mol. The van der Waals surface area contributed by atoms with Crippen molar-refractivity contribution in [1.82, 2.24) is 10.1 Å². The summed E-state index contributed by atoms with van der Waals surface area (Å²) in [6, 6.07) is 0. The fourth-order valence-electron chi connectivity index (χ4n) is 0.716. The standard InChI is InChI=1S/C8H14N2O.CH4/c1-5(2)7-9-8(6(3)4)11-10-7;/h5-6H,1-4H3;1H4. The lowest BCUT2D eigenvalue weighted by Crippen LogP contribution is -1.91. The summed E-state index contributed by atoms with van der Waals surface area (Å²) in [5.41, 5.74) is 0. The van der Waals surface area contributed by atoms with Crippen LogP contribution in [0.4, 0.5) is 0 Å². The molecule has 0 aliphatic rings. The van der Waals surface area contributed by atoms with E-state index in [4.69, 9.17) is 4.52 Å². The van der Waals surface area contributed by atoms with Crippen LogP contribution < -0.4 is 0 Å². The van der Waals surface area contributed by atoms with Crippen molar-refractivity contribution in [1.29, 1.82) is 0 Å². The maximum Gasteiger partial charge on any atom is 0.229 e. The molecule has 12 heavy (non-hydrogen) atoms. The van der Waals surface area contributed by atoms with Gasteiger partial charge >= 0.3 is 0 Å². The first-order valence-corrected chi connectivity index (χ1v) is 3.94. The molecule has 0 aromatic carbocycles. The second-order valence-corrected chi connectivity index (χ2v) is 3.30. The van der Waals surface area contributed by atoms with Crippen LogP contribution in [0.15, 0.2) is 4.52 Å². The van der Waals surface area contributed by atoms with Crippen molar-refractivity contribution >= 4 is 0 Å². The third-order valence-corrected chi connectivity index (χ3v) is 1.47. The summed E-state index contributed by atoms with van der Waals surface area (Å²) in [5, 5.41) is 3.85. The molecular weight excluding hydrogens is 152 g/mol. The molecule has 0 fully saturated rings. The van der Waals surface area contributed by atoms with Crippen molar-refractivity contribution in [2.24, 2.45) is 0 Å². The zero-order valence-corrected chi connectivity index (χ0v) is 7.46. The Labute approximate surface area is 74.2 Å². The summed E-state index contributed by atoms with van der Waals surface area (Å²) in [6.45, 7) is 8.18. The van der Waals surface area contributed by atoms with E-state index in [0.29, 0.717) is 11.8 Å². The zero-order chi connectivity index (χ0) is 8.43. The highest BCUT2D eigenvalue weighted by atomic mass is 16.5. The molecule has 1 heterocycles. The number of hydrogen-bond acceptors (Lipinski definition) is 3. The molecule has 0 amide bonds. The number of aromatic nitrogens is 2. The predicted octanol–water partition coefficient (Wildman–Crippen LogP) is 2.95. The second-order valence-electron chi connectivity index (χ2n) is 3.30. The highest BCUT2D eigenvalue weighted by molar-refractivity contribution is 4.94. The Morgan fingerprint density at radius 2 is 1.67 bits per heavy atom. The van der Waals surface area contributed by atoms with Gasteiger partial charge < -0.3 is 4.52 Å². The smallest absolute Gasteiger partial charge is 0.229 e. The first-order valence-electron chi connectivity index (χ1n) is 3.94. The maximum absolute atomic E-state index is 5.03. The van der Waals surface area contributed by atoms with E-state index in [0.717, 1.165) is 11.7 Å². The van der Waals surface area contributed by atoms with Crippen molar-refractivity contribution in [3.8, 4) is 0 Å². The van der Waals surface area contributed by atoms with Crippen LogP contribution in [0.25, 0.3) is 0 Å². The van der Waals surface area contributed by atoms with Crippen LogP contribution in [0.2, 0.25) is 0 Å². The molecule has 0 aliphatic carbocycles. The summed E-state index contributed by atoms with van der Waals surface area (Å²) >= 11 is 0. The van der Waals surface area contributed by atoms with E-state index in [-0.39, 0.29) is 7.43 Å². The van der Waals surface area contributed by atoms with Gasteiger partial charge in [-0.1, -0.05) is 40.3 Å². The lowest BCUT2D eigenvalue weighted by atomic mass is 10.2. The summed E-state index contributed by atoms with van der Waals surface area (Å²) in [5.74, 6) is 2.21. The van der Waals surface area contributed by atoms with Crippen molar-refractivity contribution in [3.05, 3.63) is 11.7 Å². The van der Waals surface area contributed by atoms with E-state index < -0.39 is 0 Å². The molecule has 0 N–H and O–H groups in total. The molecule has 1 rings (SSSR count). The minimum absolute atomic E-state index is 0. The van der Waals surface area contributed by atoms with Gasteiger partial charge in [-0.2, -0.15) is 4.98 Å². The molecule has 1 aromatic heterocycles. The van der Waals surface area contributed by atoms with Crippen LogP contribution in [0.5, 0.6) is 0 Å². The highest BCUT2D eigenvalue weighted by Gasteiger charge is 2.11. The summed E-state index contributed by atoms with van der Waals surface area (Å²) in [4.78, 5) is 4.23. The van der Waals surface area contributed by atoms with Crippen molar-refractivity contribution in [2.45, 2.75) is 47.0 Å². The fraction of sp³-hybridized carbons (Fsp3) is 0.778. The summed E-state index contributed by atoms with van der Waals surface area (Å²) in [6.07, 6.45) is 0. The first-order chi connectivity index (χ1) is 5.11. The molecule has 70 valence electrons. The molecule has 0 radical (unpaired) electrons. The van der Waals surface area contributed by atoms with Crippen LogP contribution in [-0.4, -0.2) is 10.1 Å². The average Bonchev–Trinajstić information content (AvgIpc) is 2.33. The van der Waals surface area contributed by atoms with Gasteiger partial charge in [0.2, 0.25) is 5.89 Å². The monoisotopic (exact) mass is 170 g/mol. The van der Waals surface area contributed by atoms with Crippen molar-refractivity contribution < 1.29 is 4.52 Å². The Morgan fingerprint density at radius 1 is 1.08 bits per heavy atom. The van der Waals surface area contributed by atoms with Gasteiger partial charge in [-0.25, -0.2) is 0 Å². The Morgan fingerprint density at radius 3 is 1.92 bits per heavy atom. The summed E-state index contributed by atoms with van der Waals surface area (Å²) < 4.78 is 5.03. The van der Waals surface area contributed by atoms with Crippen LogP contribution in [0, 0.1) is 0 Å². The molecular formula is C9H18N2O. The van der Waals surface area contributed by atoms with Crippen LogP contribution in [0.1, 0.15) is 58.7 Å². The first kappa shape index (κ1) is 11.1. The molecule has 0 unspecified atom stereocenters. The van der Waals surface area contributed by atoms with Crippen LogP contribution in [0.3, 0.4) is 0 Å². The van der Waals surface area contributed by atoms with Gasteiger partial charge in [0.15, 0.2) is 5.82 Å². The molecule has 1 aromatic rings. The van der Waals surface area contributed by atoms with Gasteiger partial charge in [-0.3, -0.25) is 0 Å². The molecule has 3 heteroatoms. The van der Waals surface area contributed by atoms with E-state index in [1.807, 2.05) is 13.8 Å². The Bertz CT molecular complexity index is 206. The van der Waals surface area contributed by atoms with Crippen LogP contribution >= 0.6 is 0 Å². The lowest BCUT2D eigenvalue weighted by Gasteiger charge is -1.94. The second kappa shape index (κ2) is 4.24. The predicted molar refractivity (Wildman–Crippen MR) is 49.2 cm³/mol. The van der Waals surface area contributed by atoms with E-state index in [9.17, 15) is 0 Å². The fourth-order valence-corrected chi connectivity index (χ4v) is 0.716. The summed E-state index contributed by atoms with van der Waals surface area (Å²) in [7, 11) is 0. The highest BCUT2D eigenvalue weighted by Crippen LogP contribution is 2.15. The molecule has 0 bridgehead atoms. The molecule has 0 saturated carbocycles. The quantitative estimate of drug-likeness (QED) is 0.685. The van der Waals surface area contributed by atoms with Gasteiger partial charge in [0.1, 0.15) is 0 Å². The van der Waals surface area contributed by atoms with Crippen molar-refractivity contribution in [3.63, 3.8) is 0 Å². The van der Waals surface area contributed by atoms with E-state index >= 15 is 0 Å². The largest absolute Gasteiger partial charge is 0.339 e. The Kier molecular flexibility index (Phi) is 3.93. The lowest BCUT2D eigenvalue weighted by molar-refractivity contribution is 0.359. The Balaban J connectivity index is 0.00000121. The molecule has 0 atom stereocenters. The number of hydrogen-bond donors (Lipinski definition) is 0. The minimum Gasteiger partial charge on any atom is -0.339 e. The van der Waals surface area contributed by atoms with E-state index in [1.165, 1.54) is 0 Å². The van der Waals surface area contributed by atoms with E-state index in [2.05, 4.69) is 24.0 Å². The number of nitrogens with zero attached hydrogens (tertiary/aromatic N) is 2. The molecule has 0 saturated heterocycles. The van der Waals surface area contributed by atoms with Crippen molar-refractivity contribution in [2.75, 3.05) is 0 Å². The van der Waals surface area contributed by atoms with Gasteiger partial charge in [-0.05, 0) is 0 Å². The SMILES string of the molecule is C.CC(C)c1noc(C(C)C)n1. The topological polar surface area (TPSA) is 38.9 Å². The molecule has 0 aliphatic heterocycles. The zero-order valence-electron chi connectivity index (χ0n) is 7.46. The third kappa shape index (κ3) is 2.32. The van der Waals surface area contributed by atoms with Gasteiger partial charge in [0.05, 0.1) is 0 Å². The molecule has 3 nitrogen and oxygen atoms in total. The van der Waals surface area contributed by atoms with E-state index in [1.54, 1.807) is 0 Å². The normalized spacial score (nSPS) is 10.5. The van der Waals surface area contributed by atoms with Crippen LogP contribution in [-0.2, 0) is 0 Å². The Hall–Kier alpha value is -0.860.